The van der Waals surface area contributed by atoms with E-state index in [4.69, 9.17) is 11.6 Å². The van der Waals surface area contributed by atoms with E-state index in [1.807, 2.05) is 20.8 Å². The van der Waals surface area contributed by atoms with Crippen molar-refractivity contribution >= 4 is 33.2 Å². The molecule has 27 heavy (non-hydrogen) atoms. The second-order valence-electron chi connectivity index (χ2n) is 6.35. The molecule has 2 aromatic carbocycles. The van der Waals surface area contributed by atoms with E-state index >= 15 is 0 Å². The predicted molar refractivity (Wildman–Crippen MR) is 110 cm³/mol. The fourth-order valence-electron chi connectivity index (χ4n) is 2.76. The molecule has 0 radical (unpaired) electrons. The van der Waals surface area contributed by atoms with E-state index in [0.29, 0.717) is 29.4 Å². The molecule has 0 saturated heterocycles. The van der Waals surface area contributed by atoms with Gasteiger partial charge in [-0.3, -0.25) is 4.79 Å². The van der Waals surface area contributed by atoms with Crippen molar-refractivity contribution in [3.05, 3.63) is 58.6 Å². The number of amides is 1. The summed E-state index contributed by atoms with van der Waals surface area (Å²) in [6.45, 7) is 6.63. The molecule has 0 unspecified atom stereocenters. The van der Waals surface area contributed by atoms with Crippen LogP contribution in [0.5, 0.6) is 0 Å². The molecular formula is C20H25ClN2O3S. The van der Waals surface area contributed by atoms with Gasteiger partial charge in [0.2, 0.25) is 10.0 Å². The Bertz CT molecular complexity index is 907. The molecule has 0 saturated carbocycles. The lowest BCUT2D eigenvalue weighted by Gasteiger charge is -2.21. The van der Waals surface area contributed by atoms with Gasteiger partial charge in [0.05, 0.1) is 4.90 Å². The van der Waals surface area contributed by atoms with Crippen LogP contribution in [0, 0.1) is 6.92 Å². The van der Waals surface area contributed by atoms with Crippen LogP contribution in [0.15, 0.2) is 47.4 Å². The van der Waals surface area contributed by atoms with Gasteiger partial charge in [0.25, 0.3) is 5.91 Å². The molecular weight excluding hydrogens is 384 g/mol. The SMILES string of the molecule is CCCN(CCC)S(=O)(=O)c1cccc(C(=O)Nc2ccc(Cl)cc2C)c1. The molecule has 1 N–H and O–H groups in total. The lowest BCUT2D eigenvalue weighted by atomic mass is 10.1. The molecule has 1 amide bonds. The van der Waals surface area contributed by atoms with Crippen LogP contribution in [-0.2, 0) is 10.0 Å². The molecule has 0 fully saturated rings. The Balaban J connectivity index is 2.29. The third kappa shape index (κ3) is 5.31. The fourth-order valence-corrected chi connectivity index (χ4v) is 4.66. The number of rotatable bonds is 8. The Morgan fingerprint density at radius 1 is 1.07 bits per heavy atom. The maximum absolute atomic E-state index is 12.9. The smallest absolute Gasteiger partial charge is 0.255 e. The monoisotopic (exact) mass is 408 g/mol. The van der Waals surface area contributed by atoms with Gasteiger partial charge in [-0.2, -0.15) is 4.31 Å². The zero-order valence-electron chi connectivity index (χ0n) is 15.8. The molecule has 0 aliphatic rings. The van der Waals surface area contributed by atoms with E-state index in [2.05, 4.69) is 5.32 Å². The minimum atomic E-state index is -3.63. The molecule has 0 aliphatic carbocycles. The predicted octanol–water partition coefficient (Wildman–Crippen LogP) is 4.71. The summed E-state index contributed by atoms with van der Waals surface area (Å²) in [7, 11) is -3.63. The number of anilines is 1. The van der Waals surface area contributed by atoms with Crippen molar-refractivity contribution in [3.8, 4) is 0 Å². The van der Waals surface area contributed by atoms with Crippen molar-refractivity contribution in [2.45, 2.75) is 38.5 Å². The average Bonchev–Trinajstić information content (AvgIpc) is 2.64. The number of sulfonamides is 1. The van der Waals surface area contributed by atoms with Crippen LogP contribution < -0.4 is 5.32 Å². The highest BCUT2D eigenvalue weighted by Gasteiger charge is 2.24. The maximum Gasteiger partial charge on any atom is 0.255 e. The number of nitrogens with zero attached hydrogens (tertiary/aromatic N) is 1. The summed E-state index contributed by atoms with van der Waals surface area (Å²) < 4.78 is 27.3. The van der Waals surface area contributed by atoms with Crippen molar-refractivity contribution < 1.29 is 13.2 Å². The normalized spacial score (nSPS) is 11.6. The topological polar surface area (TPSA) is 66.5 Å². The number of nitrogens with one attached hydrogen (secondary N) is 1. The zero-order chi connectivity index (χ0) is 20.0. The van der Waals surface area contributed by atoms with Crippen molar-refractivity contribution in [1.82, 2.24) is 4.31 Å². The average molecular weight is 409 g/mol. The standard InChI is InChI=1S/C20H25ClN2O3S/c1-4-11-23(12-5-2)27(25,26)18-8-6-7-16(14-18)20(24)22-19-10-9-17(21)13-15(19)3/h6-10,13-14H,4-5,11-12H2,1-3H3,(H,22,24). The van der Waals surface area contributed by atoms with Gasteiger partial charge < -0.3 is 5.32 Å². The van der Waals surface area contributed by atoms with Gasteiger partial charge in [-0.15, -0.1) is 0 Å². The van der Waals surface area contributed by atoms with Gasteiger partial charge in [0.1, 0.15) is 0 Å². The summed E-state index contributed by atoms with van der Waals surface area (Å²) in [5.41, 5.74) is 1.76. The summed E-state index contributed by atoms with van der Waals surface area (Å²) in [6.07, 6.45) is 1.46. The Labute approximate surface area is 166 Å². The number of benzene rings is 2. The van der Waals surface area contributed by atoms with Gasteiger partial charge >= 0.3 is 0 Å². The first kappa shape index (κ1) is 21.4. The summed E-state index contributed by atoms with van der Waals surface area (Å²) in [5.74, 6) is -0.366. The third-order valence-electron chi connectivity index (χ3n) is 4.12. The number of halogens is 1. The third-order valence-corrected chi connectivity index (χ3v) is 6.25. The summed E-state index contributed by atoms with van der Waals surface area (Å²) in [6, 6.07) is 11.3. The van der Waals surface area contributed by atoms with Crippen LogP contribution >= 0.6 is 11.6 Å². The molecule has 0 aromatic heterocycles. The summed E-state index contributed by atoms with van der Waals surface area (Å²) in [4.78, 5) is 12.7. The Hall–Kier alpha value is -1.89. The van der Waals surface area contributed by atoms with E-state index in [9.17, 15) is 13.2 Å². The number of hydrogen-bond donors (Lipinski definition) is 1. The van der Waals surface area contributed by atoms with E-state index in [1.54, 1.807) is 30.3 Å². The minimum Gasteiger partial charge on any atom is -0.322 e. The second-order valence-corrected chi connectivity index (χ2v) is 8.72. The lowest BCUT2D eigenvalue weighted by molar-refractivity contribution is 0.102. The highest BCUT2D eigenvalue weighted by molar-refractivity contribution is 7.89. The van der Waals surface area contributed by atoms with Crippen molar-refractivity contribution in [3.63, 3.8) is 0 Å². The van der Waals surface area contributed by atoms with Gasteiger partial charge in [0.15, 0.2) is 0 Å². The van der Waals surface area contributed by atoms with Crippen LogP contribution in [0.2, 0.25) is 5.02 Å². The number of carbonyl (C=O) groups excluding carboxylic acids is 1. The zero-order valence-corrected chi connectivity index (χ0v) is 17.4. The summed E-state index contributed by atoms with van der Waals surface area (Å²) >= 11 is 5.94. The Morgan fingerprint density at radius 2 is 1.74 bits per heavy atom. The number of hydrogen-bond acceptors (Lipinski definition) is 3. The Kier molecular flexibility index (Phi) is 7.41. The number of aryl methyl sites for hydroxylation is 1. The van der Waals surface area contributed by atoms with Gasteiger partial charge in [0, 0.05) is 29.4 Å². The highest BCUT2D eigenvalue weighted by atomic mass is 35.5. The molecule has 2 rings (SSSR count). The van der Waals surface area contributed by atoms with Gasteiger partial charge in [-0.1, -0.05) is 31.5 Å². The van der Waals surface area contributed by atoms with Crippen molar-refractivity contribution in [2.24, 2.45) is 0 Å². The molecule has 0 bridgehead atoms. The first-order valence-electron chi connectivity index (χ1n) is 8.97. The van der Waals surface area contributed by atoms with Crippen LogP contribution in [0.3, 0.4) is 0 Å². The van der Waals surface area contributed by atoms with E-state index < -0.39 is 10.0 Å². The van der Waals surface area contributed by atoms with E-state index in [0.717, 1.165) is 18.4 Å². The molecule has 0 aliphatic heterocycles. The fraction of sp³-hybridized carbons (Fsp3) is 0.350. The molecule has 0 spiro atoms. The molecule has 2 aromatic rings. The van der Waals surface area contributed by atoms with Crippen molar-refractivity contribution in [2.75, 3.05) is 18.4 Å². The molecule has 5 nitrogen and oxygen atoms in total. The summed E-state index contributed by atoms with van der Waals surface area (Å²) in [5, 5.41) is 3.39. The quantitative estimate of drug-likeness (QED) is 0.687. The number of carbonyl (C=O) groups is 1. The molecule has 0 atom stereocenters. The van der Waals surface area contributed by atoms with Crippen LogP contribution in [0.4, 0.5) is 5.69 Å². The first-order chi connectivity index (χ1) is 12.8. The molecule has 7 heteroatoms. The minimum absolute atomic E-state index is 0.130. The van der Waals surface area contributed by atoms with Gasteiger partial charge in [-0.25, -0.2) is 8.42 Å². The van der Waals surface area contributed by atoms with Gasteiger partial charge in [-0.05, 0) is 61.7 Å². The van der Waals surface area contributed by atoms with Crippen LogP contribution in [-0.4, -0.2) is 31.7 Å². The van der Waals surface area contributed by atoms with E-state index in [-0.39, 0.29) is 10.8 Å². The first-order valence-corrected chi connectivity index (χ1v) is 10.8. The largest absolute Gasteiger partial charge is 0.322 e. The lowest BCUT2D eigenvalue weighted by Crippen LogP contribution is -2.32. The van der Waals surface area contributed by atoms with E-state index in [1.165, 1.54) is 16.4 Å². The maximum atomic E-state index is 12.9. The van der Waals surface area contributed by atoms with Crippen LogP contribution in [0.25, 0.3) is 0 Å². The molecule has 146 valence electrons. The highest BCUT2D eigenvalue weighted by Crippen LogP contribution is 2.22. The van der Waals surface area contributed by atoms with Crippen LogP contribution in [0.1, 0.15) is 42.6 Å². The molecule has 0 heterocycles. The second kappa shape index (κ2) is 9.35. The van der Waals surface area contributed by atoms with Crippen molar-refractivity contribution in [1.29, 1.82) is 0 Å². The Morgan fingerprint density at radius 3 is 2.33 bits per heavy atom.